The highest BCUT2D eigenvalue weighted by Crippen LogP contribution is 2.29. The molecule has 1 heteroatoms. The van der Waals surface area contributed by atoms with E-state index in [0.717, 1.165) is 6.42 Å². The van der Waals surface area contributed by atoms with E-state index in [9.17, 15) is 0 Å². The first-order valence-corrected chi connectivity index (χ1v) is 12.1. The van der Waals surface area contributed by atoms with Crippen LogP contribution in [0.5, 0.6) is 0 Å². The first-order chi connectivity index (χ1) is 13.5. The second-order valence-corrected chi connectivity index (χ2v) is 12.0. The summed E-state index contributed by atoms with van der Waals surface area (Å²) in [5.74, 6) is 0. The second-order valence-electron chi connectivity index (χ2n) is 8.13. The van der Waals surface area contributed by atoms with Crippen molar-refractivity contribution in [3.63, 3.8) is 0 Å². The minimum Gasteiger partial charge on any atom is -0.0806 e. The molecule has 28 heavy (non-hydrogen) atoms. The zero-order valence-electron chi connectivity index (χ0n) is 17.3. The molecule has 0 bridgehead atoms. The summed E-state index contributed by atoms with van der Waals surface area (Å²) >= 11 is 0. The number of rotatable bonds is 4. The van der Waals surface area contributed by atoms with Gasteiger partial charge in [-0.1, -0.05) is 112 Å². The minimum absolute atomic E-state index is 1.05. The molecule has 4 rings (SSSR count). The summed E-state index contributed by atoms with van der Waals surface area (Å²) in [5.41, 5.74) is 5.44. The highest BCUT2D eigenvalue weighted by Gasteiger charge is 2.44. The van der Waals surface area contributed by atoms with Crippen molar-refractivity contribution >= 4 is 23.6 Å². The van der Waals surface area contributed by atoms with Gasteiger partial charge in [0, 0.05) is 0 Å². The van der Waals surface area contributed by atoms with Gasteiger partial charge in [0.25, 0.3) is 0 Å². The van der Waals surface area contributed by atoms with Crippen molar-refractivity contribution in [3.05, 3.63) is 112 Å². The smallest absolute Gasteiger partial charge is 0.0806 e. The maximum atomic E-state index is 2.43. The first kappa shape index (κ1) is 18.7. The quantitative estimate of drug-likeness (QED) is 0.446. The molecule has 0 atom stereocenters. The van der Waals surface area contributed by atoms with Gasteiger partial charge in [0.05, 0.1) is 0 Å². The van der Waals surface area contributed by atoms with Gasteiger partial charge < -0.3 is 0 Å². The largest absolute Gasteiger partial charge is 0.176 e. The van der Waals surface area contributed by atoms with Crippen LogP contribution in [0.4, 0.5) is 0 Å². The fourth-order valence-electron chi connectivity index (χ4n) is 4.72. The Morgan fingerprint density at radius 1 is 0.607 bits per heavy atom. The molecule has 140 valence electrons. The summed E-state index contributed by atoms with van der Waals surface area (Å²) in [6, 6.07) is 27.7. The van der Waals surface area contributed by atoms with Crippen LogP contribution in [0, 0.1) is 20.8 Å². The number of benzene rings is 3. The molecule has 0 N–H and O–H groups in total. The Morgan fingerprint density at radius 3 is 1.36 bits per heavy atom. The average Bonchev–Trinajstić information content (AvgIpc) is 3.09. The summed E-state index contributed by atoms with van der Waals surface area (Å²) in [5, 5.41) is 6.08. The maximum Gasteiger partial charge on any atom is 0.176 e. The van der Waals surface area contributed by atoms with E-state index in [-0.39, 0.29) is 0 Å². The van der Waals surface area contributed by atoms with Gasteiger partial charge in [-0.15, -0.1) is 0 Å². The van der Waals surface area contributed by atoms with Crippen LogP contribution < -0.4 is 15.6 Å². The Hall–Kier alpha value is -2.64. The fourth-order valence-corrected chi connectivity index (χ4v) is 10.2. The fraction of sp³-hybridized carbons (Fsp3) is 0.185. The third-order valence-electron chi connectivity index (χ3n) is 5.97. The molecule has 0 fully saturated rings. The summed E-state index contributed by atoms with van der Waals surface area (Å²) in [4.78, 5) is 0. The zero-order valence-corrected chi connectivity index (χ0v) is 18.3. The highest BCUT2D eigenvalue weighted by molar-refractivity contribution is 7.16. The topological polar surface area (TPSA) is 0 Å². The molecule has 0 nitrogen and oxygen atoms in total. The number of aryl methyl sites for hydroxylation is 3. The van der Waals surface area contributed by atoms with Crippen molar-refractivity contribution in [1.29, 1.82) is 0 Å². The lowest BCUT2D eigenvalue weighted by molar-refractivity contribution is 1.34. The third kappa shape index (κ3) is 3.10. The molecule has 0 spiro atoms. The van der Waals surface area contributed by atoms with Crippen molar-refractivity contribution in [2.24, 2.45) is 0 Å². The average molecular weight is 381 g/mol. The van der Waals surface area contributed by atoms with Crippen LogP contribution in [0.3, 0.4) is 0 Å². The van der Waals surface area contributed by atoms with Gasteiger partial charge in [0.2, 0.25) is 0 Å². The van der Waals surface area contributed by atoms with Crippen LogP contribution in [0.1, 0.15) is 30.0 Å². The van der Waals surface area contributed by atoms with Crippen LogP contribution in [-0.4, -0.2) is 8.07 Å². The van der Waals surface area contributed by atoms with Gasteiger partial charge in [0.1, 0.15) is 0 Å². The molecule has 1 aliphatic rings. The van der Waals surface area contributed by atoms with Crippen molar-refractivity contribution in [3.8, 4) is 0 Å². The van der Waals surface area contributed by atoms with Gasteiger partial charge in [-0.25, -0.2) is 0 Å². The van der Waals surface area contributed by atoms with Crippen LogP contribution in [0.15, 0.2) is 95.7 Å². The van der Waals surface area contributed by atoms with Crippen LogP contribution in [-0.2, 0) is 0 Å². The molecule has 0 saturated heterocycles. The van der Waals surface area contributed by atoms with Crippen LogP contribution >= 0.6 is 0 Å². The summed E-state index contributed by atoms with van der Waals surface area (Å²) < 4.78 is 0. The van der Waals surface area contributed by atoms with Crippen molar-refractivity contribution in [2.45, 2.75) is 34.1 Å². The normalized spacial score (nSPS) is 14.0. The zero-order chi connectivity index (χ0) is 19.7. The van der Waals surface area contributed by atoms with E-state index in [4.69, 9.17) is 0 Å². The van der Waals surface area contributed by atoms with Gasteiger partial charge in [-0.05, 0) is 49.7 Å². The molecule has 0 aliphatic heterocycles. The Kier molecular flexibility index (Phi) is 4.95. The molecule has 0 radical (unpaired) electrons. The van der Waals surface area contributed by atoms with E-state index in [2.05, 4.69) is 113 Å². The monoisotopic (exact) mass is 380 g/mol. The molecule has 1 aliphatic carbocycles. The number of hydrogen-bond acceptors (Lipinski definition) is 0. The Labute approximate surface area is 170 Å². The van der Waals surface area contributed by atoms with E-state index in [0.29, 0.717) is 0 Å². The van der Waals surface area contributed by atoms with Gasteiger partial charge in [-0.2, -0.15) is 0 Å². The third-order valence-corrected chi connectivity index (χ3v) is 11.0. The summed E-state index contributed by atoms with van der Waals surface area (Å²) in [7, 11) is -2.33. The van der Waals surface area contributed by atoms with Gasteiger partial charge in [0.15, 0.2) is 8.07 Å². The maximum absolute atomic E-state index is 2.43. The van der Waals surface area contributed by atoms with E-state index < -0.39 is 8.07 Å². The standard InChI is InChI=1S/C27H28Si/c1-20-9-5-13-24(17-20)28(27-16-8-12-23(27)4,25-14-6-10-21(2)18-25)26-15-7-11-22(3)19-26/h5-15,17-19H,16H2,1-4H3. The van der Waals surface area contributed by atoms with Gasteiger partial charge >= 0.3 is 0 Å². The predicted molar refractivity (Wildman–Crippen MR) is 125 cm³/mol. The van der Waals surface area contributed by atoms with Crippen LogP contribution in [0.2, 0.25) is 0 Å². The highest BCUT2D eigenvalue weighted by atomic mass is 28.3. The molecule has 0 aromatic heterocycles. The Bertz CT molecular complexity index is 974. The minimum atomic E-state index is -2.33. The number of hydrogen-bond donors (Lipinski definition) is 0. The van der Waals surface area contributed by atoms with Crippen molar-refractivity contribution < 1.29 is 0 Å². The lowest BCUT2D eigenvalue weighted by atomic mass is 10.2. The SMILES string of the molecule is CC1=C([Si](c2cccc(C)c2)(c2cccc(C)c2)c2cccc(C)c2)CC=C1. The molecule has 0 heterocycles. The molecule has 0 amide bonds. The molecule has 0 saturated carbocycles. The first-order valence-electron chi connectivity index (χ1n) is 10.1. The van der Waals surface area contributed by atoms with Crippen molar-refractivity contribution in [1.82, 2.24) is 0 Å². The number of allylic oxidation sites excluding steroid dienone is 4. The Morgan fingerprint density at radius 2 is 1.04 bits per heavy atom. The molecule has 0 unspecified atom stereocenters. The van der Waals surface area contributed by atoms with E-state index in [1.54, 1.807) is 5.20 Å². The molecular weight excluding hydrogens is 352 g/mol. The Balaban J connectivity index is 2.16. The predicted octanol–water partition coefficient (Wildman–Crippen LogP) is 4.90. The summed E-state index contributed by atoms with van der Waals surface area (Å²) in [6.45, 7) is 8.93. The van der Waals surface area contributed by atoms with Gasteiger partial charge in [-0.3, -0.25) is 0 Å². The van der Waals surface area contributed by atoms with Crippen LogP contribution in [0.25, 0.3) is 0 Å². The second kappa shape index (κ2) is 7.41. The van der Waals surface area contributed by atoms with E-state index >= 15 is 0 Å². The summed E-state index contributed by atoms with van der Waals surface area (Å²) in [6.07, 6.45) is 5.71. The lowest BCUT2D eigenvalue weighted by Gasteiger charge is -2.36. The molecular formula is C27H28Si. The van der Waals surface area contributed by atoms with E-state index in [1.165, 1.54) is 37.8 Å². The van der Waals surface area contributed by atoms with Crippen molar-refractivity contribution in [2.75, 3.05) is 0 Å². The lowest BCUT2D eigenvalue weighted by Crippen LogP contribution is -2.68. The van der Waals surface area contributed by atoms with E-state index in [1.807, 2.05) is 0 Å². The molecule has 3 aromatic rings. The molecule has 3 aromatic carbocycles.